The van der Waals surface area contributed by atoms with Crippen molar-refractivity contribution in [3.05, 3.63) is 101 Å². The van der Waals surface area contributed by atoms with E-state index in [1.807, 2.05) is 55.5 Å². The molecule has 1 heterocycles. The zero-order chi connectivity index (χ0) is 19.5. The second kappa shape index (κ2) is 7.85. The van der Waals surface area contributed by atoms with E-state index in [0.29, 0.717) is 24.1 Å². The van der Waals surface area contributed by atoms with Gasteiger partial charge in [0.1, 0.15) is 17.7 Å². The minimum absolute atomic E-state index is 0.0812. The van der Waals surface area contributed by atoms with Crippen LogP contribution in [0.2, 0.25) is 0 Å². The molecule has 0 spiro atoms. The molecule has 0 unspecified atom stereocenters. The first-order valence-corrected chi connectivity index (χ1v) is 9.49. The molecule has 1 amide bonds. The van der Waals surface area contributed by atoms with E-state index >= 15 is 0 Å². The van der Waals surface area contributed by atoms with E-state index in [1.54, 1.807) is 23.1 Å². The summed E-state index contributed by atoms with van der Waals surface area (Å²) >= 11 is 0. The predicted molar refractivity (Wildman–Crippen MR) is 107 cm³/mol. The molecule has 3 aromatic carbocycles. The van der Waals surface area contributed by atoms with Crippen molar-refractivity contribution in [2.24, 2.45) is 0 Å². The maximum absolute atomic E-state index is 14.0. The zero-order valence-electron chi connectivity index (χ0n) is 15.8. The number of fused-ring (bicyclic) bond motifs is 1. The molecule has 1 atom stereocenters. The van der Waals surface area contributed by atoms with E-state index in [0.717, 1.165) is 16.9 Å². The van der Waals surface area contributed by atoms with Crippen LogP contribution in [-0.4, -0.2) is 17.4 Å². The lowest BCUT2D eigenvalue weighted by molar-refractivity contribution is 0.0722. The summed E-state index contributed by atoms with van der Waals surface area (Å²) < 4.78 is 20.2. The van der Waals surface area contributed by atoms with Crippen LogP contribution >= 0.6 is 0 Å². The average Bonchev–Trinajstić information content (AvgIpc) is 2.72. The lowest BCUT2D eigenvalue weighted by atomic mass is 9.97. The number of nitrogens with zero attached hydrogens (tertiary/aromatic N) is 1. The summed E-state index contributed by atoms with van der Waals surface area (Å²) in [5.41, 5.74) is 3.19. The molecule has 0 aromatic heterocycles. The number of ether oxygens (including phenoxy) is 1. The Kier molecular flexibility index (Phi) is 5.11. The molecule has 0 bridgehead atoms. The fourth-order valence-corrected chi connectivity index (χ4v) is 3.62. The summed E-state index contributed by atoms with van der Waals surface area (Å²) in [4.78, 5) is 14.7. The molecule has 0 radical (unpaired) electrons. The molecule has 28 heavy (non-hydrogen) atoms. The van der Waals surface area contributed by atoms with E-state index < -0.39 is 0 Å². The maximum atomic E-state index is 14.0. The predicted octanol–water partition coefficient (Wildman–Crippen LogP) is 5.16. The summed E-state index contributed by atoms with van der Waals surface area (Å²) in [5.74, 6) is 0.380. The van der Waals surface area contributed by atoms with E-state index in [2.05, 4.69) is 0 Å². The second-order valence-electron chi connectivity index (χ2n) is 7.02. The Morgan fingerprint density at radius 2 is 1.75 bits per heavy atom. The van der Waals surface area contributed by atoms with Crippen molar-refractivity contribution >= 4 is 5.91 Å². The summed E-state index contributed by atoms with van der Waals surface area (Å²) in [7, 11) is 0. The fraction of sp³-hybridized carbons (Fsp3) is 0.208. The fourth-order valence-electron chi connectivity index (χ4n) is 3.62. The van der Waals surface area contributed by atoms with Gasteiger partial charge in [0.25, 0.3) is 5.91 Å². The molecule has 0 N–H and O–H groups in total. The van der Waals surface area contributed by atoms with Gasteiger partial charge in [0.2, 0.25) is 0 Å². The molecular formula is C24H22FNO2. The number of carbonyl (C=O) groups excluding carboxylic acids is 1. The first-order valence-electron chi connectivity index (χ1n) is 9.49. The number of rotatable bonds is 5. The van der Waals surface area contributed by atoms with Crippen molar-refractivity contribution in [1.82, 2.24) is 4.90 Å². The van der Waals surface area contributed by atoms with E-state index in [9.17, 15) is 9.18 Å². The minimum atomic E-state index is -0.283. The number of halogens is 1. The van der Waals surface area contributed by atoms with Gasteiger partial charge < -0.3 is 9.64 Å². The highest BCUT2D eigenvalue weighted by atomic mass is 19.1. The number of carbonyl (C=O) groups is 1. The van der Waals surface area contributed by atoms with Crippen molar-refractivity contribution in [3.8, 4) is 5.75 Å². The smallest absolute Gasteiger partial charge is 0.254 e. The Morgan fingerprint density at radius 3 is 2.54 bits per heavy atom. The highest BCUT2D eigenvalue weighted by Crippen LogP contribution is 2.32. The van der Waals surface area contributed by atoms with Gasteiger partial charge in [-0.1, -0.05) is 54.6 Å². The molecule has 3 nitrogen and oxygen atoms in total. The van der Waals surface area contributed by atoms with Crippen LogP contribution in [-0.2, 0) is 13.0 Å². The van der Waals surface area contributed by atoms with Gasteiger partial charge in [-0.15, -0.1) is 0 Å². The van der Waals surface area contributed by atoms with Crippen LogP contribution in [0.3, 0.4) is 0 Å². The monoisotopic (exact) mass is 375 g/mol. The van der Waals surface area contributed by atoms with Crippen molar-refractivity contribution in [2.45, 2.75) is 26.0 Å². The zero-order valence-corrected chi connectivity index (χ0v) is 15.8. The Labute approximate surface area is 164 Å². The Balaban J connectivity index is 1.55. The van der Waals surface area contributed by atoms with Crippen LogP contribution in [0.4, 0.5) is 4.39 Å². The van der Waals surface area contributed by atoms with E-state index in [-0.39, 0.29) is 24.4 Å². The normalized spacial score (nSPS) is 14.5. The van der Waals surface area contributed by atoms with Crippen molar-refractivity contribution < 1.29 is 13.9 Å². The quantitative estimate of drug-likeness (QED) is 0.616. The van der Waals surface area contributed by atoms with Gasteiger partial charge in [-0.25, -0.2) is 4.39 Å². The van der Waals surface area contributed by atoms with E-state index in [4.69, 9.17) is 4.74 Å². The van der Waals surface area contributed by atoms with Crippen molar-refractivity contribution in [1.29, 1.82) is 0 Å². The van der Waals surface area contributed by atoms with E-state index in [1.165, 1.54) is 6.07 Å². The van der Waals surface area contributed by atoms with Crippen LogP contribution in [0.1, 0.15) is 40.1 Å². The topological polar surface area (TPSA) is 29.5 Å². The SMILES string of the molecule is C[C@@H](Oc1cccc2c1CCN(Cc1ccccc1F)C2=O)c1ccccc1. The highest BCUT2D eigenvalue weighted by Gasteiger charge is 2.27. The van der Waals surface area contributed by atoms with Gasteiger partial charge in [0, 0.05) is 29.8 Å². The largest absolute Gasteiger partial charge is 0.486 e. The summed E-state index contributed by atoms with van der Waals surface area (Å²) in [6.45, 7) is 2.82. The van der Waals surface area contributed by atoms with Crippen LogP contribution in [0.25, 0.3) is 0 Å². The summed E-state index contributed by atoms with van der Waals surface area (Å²) in [6.07, 6.45) is 0.576. The van der Waals surface area contributed by atoms with Gasteiger partial charge in [-0.05, 0) is 37.1 Å². The van der Waals surface area contributed by atoms with Crippen LogP contribution in [0.15, 0.2) is 72.8 Å². The molecule has 4 heteroatoms. The lowest BCUT2D eigenvalue weighted by Gasteiger charge is -2.30. The molecule has 142 valence electrons. The average molecular weight is 375 g/mol. The first-order chi connectivity index (χ1) is 13.6. The molecule has 0 fully saturated rings. The molecule has 1 aliphatic rings. The molecular weight excluding hydrogens is 353 g/mol. The first kappa shape index (κ1) is 18.2. The summed E-state index contributed by atoms with van der Waals surface area (Å²) in [6, 6.07) is 22.2. The number of hydrogen-bond donors (Lipinski definition) is 0. The molecule has 1 aliphatic heterocycles. The number of hydrogen-bond acceptors (Lipinski definition) is 2. The molecule has 0 saturated carbocycles. The third kappa shape index (κ3) is 3.63. The Morgan fingerprint density at radius 1 is 1.00 bits per heavy atom. The summed E-state index contributed by atoms with van der Waals surface area (Å²) in [5, 5.41) is 0. The highest BCUT2D eigenvalue weighted by molar-refractivity contribution is 5.97. The number of benzene rings is 3. The van der Waals surface area contributed by atoms with Gasteiger partial charge in [-0.3, -0.25) is 4.79 Å². The third-order valence-corrected chi connectivity index (χ3v) is 5.17. The van der Waals surface area contributed by atoms with Gasteiger partial charge in [-0.2, -0.15) is 0 Å². The third-order valence-electron chi connectivity index (χ3n) is 5.17. The molecule has 4 rings (SSSR count). The Hall–Kier alpha value is -3.14. The van der Waals surface area contributed by atoms with Gasteiger partial charge in [0.15, 0.2) is 0 Å². The van der Waals surface area contributed by atoms with Crippen LogP contribution < -0.4 is 4.74 Å². The van der Waals surface area contributed by atoms with Crippen molar-refractivity contribution in [3.63, 3.8) is 0 Å². The minimum Gasteiger partial charge on any atom is -0.486 e. The van der Waals surface area contributed by atoms with Gasteiger partial charge >= 0.3 is 0 Å². The Bertz CT molecular complexity index is 987. The van der Waals surface area contributed by atoms with Crippen LogP contribution in [0, 0.1) is 5.82 Å². The number of amides is 1. The lowest BCUT2D eigenvalue weighted by Crippen LogP contribution is -2.37. The molecule has 0 aliphatic carbocycles. The van der Waals surface area contributed by atoms with Crippen LogP contribution in [0.5, 0.6) is 5.75 Å². The molecule has 3 aromatic rings. The molecule has 0 saturated heterocycles. The second-order valence-corrected chi connectivity index (χ2v) is 7.02. The maximum Gasteiger partial charge on any atom is 0.254 e. The standard InChI is InChI=1S/C24H22FNO2/c1-17(18-8-3-2-4-9-18)28-23-13-7-11-21-20(23)14-15-26(24(21)27)16-19-10-5-6-12-22(19)25/h2-13,17H,14-16H2,1H3/t17-/m1/s1. The van der Waals surface area contributed by atoms with Gasteiger partial charge in [0.05, 0.1) is 0 Å². The van der Waals surface area contributed by atoms with Crippen molar-refractivity contribution in [2.75, 3.05) is 6.54 Å².